The summed E-state index contributed by atoms with van der Waals surface area (Å²) in [7, 11) is 3.36. The highest BCUT2D eigenvalue weighted by Crippen LogP contribution is 2.30. The first-order valence-electron chi connectivity index (χ1n) is 12.1. The number of carbonyl (C=O) groups is 1. The Kier molecular flexibility index (Phi) is 7.01. The van der Waals surface area contributed by atoms with E-state index in [0.717, 1.165) is 41.2 Å². The molecule has 0 fully saturated rings. The molecule has 0 aliphatic carbocycles. The molecule has 0 spiro atoms. The number of hydrogen-bond acceptors (Lipinski definition) is 4. The normalized spacial score (nSPS) is 13.3. The lowest BCUT2D eigenvalue weighted by Gasteiger charge is -2.28. The molecule has 8 heteroatoms. The van der Waals surface area contributed by atoms with Crippen molar-refractivity contribution < 1.29 is 18.3 Å². The van der Waals surface area contributed by atoms with Crippen molar-refractivity contribution in [3.8, 4) is 11.4 Å². The highest BCUT2D eigenvalue weighted by molar-refractivity contribution is 5.94. The fourth-order valence-corrected chi connectivity index (χ4v) is 4.77. The largest absolute Gasteiger partial charge is 0.494 e. The van der Waals surface area contributed by atoms with E-state index < -0.39 is 0 Å². The van der Waals surface area contributed by atoms with Crippen molar-refractivity contribution in [2.24, 2.45) is 0 Å². The van der Waals surface area contributed by atoms with Gasteiger partial charge in [-0.3, -0.25) is 9.69 Å². The predicted molar refractivity (Wildman–Crippen MR) is 137 cm³/mol. The van der Waals surface area contributed by atoms with Crippen LogP contribution >= 0.6 is 0 Å². The summed E-state index contributed by atoms with van der Waals surface area (Å²) < 4.78 is 34.3. The summed E-state index contributed by atoms with van der Waals surface area (Å²) >= 11 is 0. The summed E-state index contributed by atoms with van der Waals surface area (Å²) in [6, 6.07) is 19.8. The molecular formula is C29H28F2N4O2. The van der Waals surface area contributed by atoms with Gasteiger partial charge in [0.05, 0.1) is 25.0 Å². The smallest absolute Gasteiger partial charge is 0.253 e. The summed E-state index contributed by atoms with van der Waals surface area (Å²) in [5, 5.41) is 4.96. The van der Waals surface area contributed by atoms with E-state index in [2.05, 4.69) is 4.90 Å². The highest BCUT2D eigenvalue weighted by atomic mass is 19.1. The maximum Gasteiger partial charge on any atom is 0.253 e. The number of nitrogens with zero attached hydrogens (tertiary/aromatic N) is 4. The fourth-order valence-electron chi connectivity index (χ4n) is 4.77. The molecule has 37 heavy (non-hydrogen) atoms. The number of para-hydroxylation sites is 2. The van der Waals surface area contributed by atoms with E-state index >= 15 is 0 Å². The average Bonchev–Trinajstić information content (AvgIpc) is 3.27. The van der Waals surface area contributed by atoms with E-state index in [1.165, 1.54) is 36.4 Å². The average molecular weight is 503 g/mol. The summed E-state index contributed by atoms with van der Waals surface area (Å²) in [4.78, 5) is 16.9. The molecule has 4 aromatic rings. The summed E-state index contributed by atoms with van der Waals surface area (Å²) in [6.45, 7) is 2.44. The molecule has 190 valence electrons. The lowest BCUT2D eigenvalue weighted by Crippen LogP contribution is -2.32. The van der Waals surface area contributed by atoms with Gasteiger partial charge in [0.15, 0.2) is 0 Å². The van der Waals surface area contributed by atoms with Crippen LogP contribution in [0, 0.1) is 11.6 Å². The number of ether oxygens (including phenoxy) is 1. The predicted octanol–water partition coefficient (Wildman–Crippen LogP) is 4.99. The van der Waals surface area contributed by atoms with Crippen LogP contribution in [0.5, 0.6) is 5.75 Å². The van der Waals surface area contributed by atoms with Crippen LogP contribution < -0.4 is 4.74 Å². The minimum absolute atomic E-state index is 0.209. The molecule has 2 heterocycles. The lowest BCUT2D eigenvalue weighted by molar-refractivity contribution is 0.0782. The monoisotopic (exact) mass is 502 g/mol. The molecule has 6 nitrogen and oxygen atoms in total. The van der Waals surface area contributed by atoms with Gasteiger partial charge in [0.25, 0.3) is 5.91 Å². The van der Waals surface area contributed by atoms with Gasteiger partial charge >= 0.3 is 0 Å². The zero-order valence-electron chi connectivity index (χ0n) is 20.8. The van der Waals surface area contributed by atoms with Gasteiger partial charge in [0, 0.05) is 44.2 Å². The van der Waals surface area contributed by atoms with Gasteiger partial charge in [-0.1, -0.05) is 24.3 Å². The Bertz CT molecular complexity index is 1400. The van der Waals surface area contributed by atoms with Gasteiger partial charge in [0.2, 0.25) is 0 Å². The van der Waals surface area contributed by atoms with Crippen molar-refractivity contribution in [2.45, 2.75) is 26.1 Å². The third-order valence-electron chi connectivity index (χ3n) is 6.68. The number of benzene rings is 3. The van der Waals surface area contributed by atoms with Gasteiger partial charge in [-0.15, -0.1) is 0 Å². The third-order valence-corrected chi connectivity index (χ3v) is 6.68. The van der Waals surface area contributed by atoms with Crippen LogP contribution in [0.15, 0.2) is 72.8 Å². The Labute approximate surface area is 214 Å². The standard InChI is InChI=1S/C29H28F2N4O2/c1-33(29(36)21-9-13-23(31)14-10-21)19-25-24-18-34(17-20-7-11-22(30)12-8-20)16-15-26(24)35(32-25)27-5-3-4-6-28(27)37-2/h3-14H,15-19H2,1-2H3. The van der Waals surface area contributed by atoms with Crippen molar-refractivity contribution in [2.75, 3.05) is 20.7 Å². The van der Waals surface area contributed by atoms with E-state index in [1.54, 1.807) is 31.2 Å². The van der Waals surface area contributed by atoms with Gasteiger partial charge in [0.1, 0.15) is 23.1 Å². The fraction of sp³-hybridized carbons (Fsp3) is 0.241. The van der Waals surface area contributed by atoms with Crippen LogP contribution in [0.2, 0.25) is 0 Å². The highest BCUT2D eigenvalue weighted by Gasteiger charge is 2.28. The Morgan fingerprint density at radius 2 is 1.68 bits per heavy atom. The molecule has 0 N–H and O–H groups in total. The van der Waals surface area contributed by atoms with Crippen LogP contribution in [0.4, 0.5) is 8.78 Å². The number of carbonyl (C=O) groups excluding carboxylic acids is 1. The Morgan fingerprint density at radius 1 is 1.00 bits per heavy atom. The molecule has 0 saturated heterocycles. The zero-order chi connectivity index (χ0) is 25.9. The van der Waals surface area contributed by atoms with Gasteiger partial charge < -0.3 is 9.64 Å². The second-order valence-corrected chi connectivity index (χ2v) is 9.21. The summed E-state index contributed by atoms with van der Waals surface area (Å²) in [5.74, 6) is -0.132. The van der Waals surface area contributed by atoms with Crippen LogP contribution in [0.25, 0.3) is 5.69 Å². The van der Waals surface area contributed by atoms with Gasteiger partial charge in [-0.25, -0.2) is 13.5 Å². The second kappa shape index (κ2) is 10.5. The van der Waals surface area contributed by atoms with E-state index in [-0.39, 0.29) is 17.5 Å². The molecule has 1 amide bonds. The minimum Gasteiger partial charge on any atom is -0.494 e. The molecule has 0 unspecified atom stereocenters. The minimum atomic E-state index is -0.384. The maximum atomic E-state index is 13.4. The molecule has 1 aliphatic heterocycles. The van der Waals surface area contributed by atoms with Crippen LogP contribution in [-0.2, 0) is 26.1 Å². The molecule has 0 atom stereocenters. The number of aromatic nitrogens is 2. The second-order valence-electron chi connectivity index (χ2n) is 9.21. The number of halogens is 2. The topological polar surface area (TPSA) is 50.6 Å². The molecule has 1 aliphatic rings. The molecule has 0 bridgehead atoms. The molecule has 3 aromatic carbocycles. The molecule has 1 aromatic heterocycles. The number of hydrogen-bond donors (Lipinski definition) is 0. The van der Waals surface area contributed by atoms with Crippen molar-refractivity contribution in [1.29, 1.82) is 0 Å². The first-order chi connectivity index (χ1) is 17.9. The summed E-state index contributed by atoms with van der Waals surface area (Å²) in [6.07, 6.45) is 0.761. The summed E-state index contributed by atoms with van der Waals surface area (Å²) in [5.41, 5.74) is 5.23. The van der Waals surface area contributed by atoms with Crippen molar-refractivity contribution in [1.82, 2.24) is 19.6 Å². The Hall–Kier alpha value is -4.04. The van der Waals surface area contributed by atoms with E-state index in [4.69, 9.17) is 9.84 Å². The lowest BCUT2D eigenvalue weighted by atomic mass is 10.0. The van der Waals surface area contributed by atoms with Crippen LogP contribution in [-0.4, -0.2) is 46.2 Å². The Balaban J connectivity index is 1.47. The van der Waals surface area contributed by atoms with Crippen LogP contribution in [0.3, 0.4) is 0 Å². The quantitative estimate of drug-likeness (QED) is 0.357. The van der Waals surface area contributed by atoms with E-state index in [9.17, 15) is 13.6 Å². The maximum absolute atomic E-state index is 13.4. The first kappa shape index (κ1) is 24.6. The zero-order valence-corrected chi connectivity index (χ0v) is 20.8. The number of methoxy groups -OCH3 is 1. The SMILES string of the molecule is COc1ccccc1-n1nc(CN(C)C(=O)c2ccc(F)cc2)c2c1CCN(Cc1ccc(F)cc1)C2. The molecule has 0 radical (unpaired) electrons. The van der Waals surface area contributed by atoms with Crippen molar-refractivity contribution in [3.05, 3.63) is 113 Å². The van der Waals surface area contributed by atoms with Crippen molar-refractivity contribution in [3.63, 3.8) is 0 Å². The molecule has 5 rings (SSSR count). The first-order valence-corrected chi connectivity index (χ1v) is 12.1. The molecule has 0 saturated carbocycles. The van der Waals surface area contributed by atoms with Crippen LogP contribution in [0.1, 0.15) is 32.9 Å². The number of amides is 1. The third kappa shape index (κ3) is 5.24. The number of rotatable bonds is 7. The van der Waals surface area contributed by atoms with Gasteiger partial charge in [-0.2, -0.15) is 5.10 Å². The number of fused-ring (bicyclic) bond motifs is 1. The van der Waals surface area contributed by atoms with Crippen molar-refractivity contribution >= 4 is 5.91 Å². The Morgan fingerprint density at radius 3 is 2.38 bits per heavy atom. The molecular weight excluding hydrogens is 474 g/mol. The van der Waals surface area contributed by atoms with Gasteiger partial charge in [-0.05, 0) is 54.1 Å². The van der Waals surface area contributed by atoms with E-state index in [0.29, 0.717) is 30.9 Å². The van der Waals surface area contributed by atoms with E-state index in [1.807, 2.05) is 28.9 Å².